The van der Waals surface area contributed by atoms with Crippen LogP contribution < -0.4 is 5.56 Å². The number of fused-ring (bicyclic) bond motifs is 1. The Morgan fingerprint density at radius 2 is 2.16 bits per heavy atom. The van der Waals surface area contributed by atoms with E-state index in [2.05, 4.69) is 9.97 Å². The van der Waals surface area contributed by atoms with Crippen molar-refractivity contribution in [2.75, 3.05) is 0 Å². The molecule has 0 spiro atoms. The van der Waals surface area contributed by atoms with Crippen LogP contribution in [0.15, 0.2) is 35.4 Å². The van der Waals surface area contributed by atoms with Gasteiger partial charge < -0.3 is 5.11 Å². The Morgan fingerprint density at radius 3 is 2.76 bits per heavy atom. The minimum absolute atomic E-state index is 0.0334. The Hall–Kier alpha value is -2.54. The summed E-state index contributed by atoms with van der Waals surface area (Å²) < 4.78 is 1.46. The number of aliphatic carboxylic acids is 1. The van der Waals surface area contributed by atoms with Crippen LogP contribution in [0.25, 0.3) is 21.6 Å². The van der Waals surface area contributed by atoms with Crippen molar-refractivity contribution in [2.45, 2.75) is 33.7 Å². The highest BCUT2D eigenvalue weighted by Crippen LogP contribution is 2.27. The minimum atomic E-state index is -1.10. The molecule has 6 nitrogen and oxygen atoms in total. The zero-order valence-electron chi connectivity index (χ0n) is 14.3. The first-order chi connectivity index (χ1) is 11.8. The minimum Gasteiger partial charge on any atom is -0.481 e. The van der Waals surface area contributed by atoms with E-state index in [1.807, 2.05) is 19.1 Å². The van der Waals surface area contributed by atoms with E-state index < -0.39 is 11.4 Å². The maximum absolute atomic E-state index is 13.1. The molecule has 0 saturated carbocycles. The monoisotopic (exact) mass is 357 g/mol. The van der Waals surface area contributed by atoms with Gasteiger partial charge in [-0.3, -0.25) is 19.1 Å². The zero-order chi connectivity index (χ0) is 18.2. The number of pyridine rings is 1. The third-order valence-corrected chi connectivity index (χ3v) is 5.28. The lowest BCUT2D eigenvalue weighted by Crippen LogP contribution is -2.35. The SMILES string of the molecule is CCc1cc2c(=O)n(CC(C)(C)C(=O)O)c(-c3cccnc3)nc2s1. The Labute approximate surface area is 148 Å². The Morgan fingerprint density at radius 1 is 1.40 bits per heavy atom. The van der Waals surface area contributed by atoms with Crippen molar-refractivity contribution in [3.05, 3.63) is 45.8 Å². The average Bonchev–Trinajstić information content (AvgIpc) is 3.01. The van der Waals surface area contributed by atoms with Gasteiger partial charge in [0.15, 0.2) is 0 Å². The van der Waals surface area contributed by atoms with Gasteiger partial charge in [-0.25, -0.2) is 4.98 Å². The van der Waals surface area contributed by atoms with E-state index in [9.17, 15) is 14.7 Å². The highest BCUT2D eigenvalue weighted by atomic mass is 32.1. The highest BCUT2D eigenvalue weighted by molar-refractivity contribution is 7.18. The Balaban J connectivity index is 2.29. The molecule has 0 radical (unpaired) electrons. The van der Waals surface area contributed by atoms with Crippen molar-refractivity contribution in [3.8, 4) is 11.4 Å². The fraction of sp³-hybridized carbons (Fsp3) is 0.333. The number of carboxylic acid groups (broad SMARTS) is 1. The molecule has 3 heterocycles. The summed E-state index contributed by atoms with van der Waals surface area (Å²) in [5.74, 6) is -0.513. The van der Waals surface area contributed by atoms with Crippen LogP contribution in [-0.2, 0) is 17.8 Å². The standard InChI is InChI=1S/C18H19N3O3S/c1-4-12-8-13-15(25-12)20-14(11-6-5-7-19-9-11)21(16(13)22)10-18(2,3)17(23)24/h5-9H,4,10H2,1-3H3,(H,23,24). The van der Waals surface area contributed by atoms with Gasteiger partial charge in [-0.1, -0.05) is 6.92 Å². The first-order valence-electron chi connectivity index (χ1n) is 8.00. The van der Waals surface area contributed by atoms with Gasteiger partial charge in [-0.2, -0.15) is 0 Å². The number of hydrogen-bond acceptors (Lipinski definition) is 5. The lowest BCUT2D eigenvalue weighted by atomic mass is 9.93. The number of aromatic nitrogens is 3. The summed E-state index contributed by atoms with van der Waals surface area (Å²) in [5, 5.41) is 10.0. The van der Waals surface area contributed by atoms with Gasteiger partial charge in [0, 0.05) is 29.4 Å². The van der Waals surface area contributed by atoms with Crippen LogP contribution >= 0.6 is 11.3 Å². The van der Waals surface area contributed by atoms with Gasteiger partial charge in [-0.05, 0) is 38.5 Å². The van der Waals surface area contributed by atoms with Gasteiger partial charge >= 0.3 is 5.97 Å². The molecule has 0 unspecified atom stereocenters. The molecule has 25 heavy (non-hydrogen) atoms. The molecule has 0 fully saturated rings. The predicted octanol–water partition coefficient (Wildman–Crippen LogP) is 3.19. The number of rotatable bonds is 5. The number of thiophene rings is 1. The summed E-state index contributed by atoms with van der Waals surface area (Å²) in [6.45, 7) is 5.26. The second-order valence-corrected chi connectivity index (χ2v) is 7.66. The maximum Gasteiger partial charge on any atom is 0.310 e. The van der Waals surface area contributed by atoms with E-state index in [1.54, 1.807) is 32.3 Å². The summed E-state index contributed by atoms with van der Waals surface area (Å²) in [4.78, 5) is 35.1. The highest BCUT2D eigenvalue weighted by Gasteiger charge is 2.30. The number of hydrogen-bond donors (Lipinski definition) is 1. The molecular weight excluding hydrogens is 338 g/mol. The van der Waals surface area contributed by atoms with Crippen molar-refractivity contribution < 1.29 is 9.90 Å². The largest absolute Gasteiger partial charge is 0.481 e. The number of carboxylic acids is 1. The second kappa shape index (κ2) is 6.40. The van der Waals surface area contributed by atoms with Crippen LogP contribution in [0.5, 0.6) is 0 Å². The first kappa shape index (κ1) is 17.3. The van der Waals surface area contributed by atoms with E-state index >= 15 is 0 Å². The normalized spacial score (nSPS) is 11.8. The number of nitrogens with zero attached hydrogens (tertiary/aromatic N) is 3. The molecule has 0 aliphatic rings. The molecule has 3 rings (SSSR count). The average molecular weight is 357 g/mol. The molecule has 1 N–H and O–H groups in total. The zero-order valence-corrected chi connectivity index (χ0v) is 15.1. The maximum atomic E-state index is 13.1. The molecule has 0 atom stereocenters. The van der Waals surface area contributed by atoms with Gasteiger partial charge in [0.05, 0.1) is 10.8 Å². The van der Waals surface area contributed by atoms with Gasteiger partial charge in [0.2, 0.25) is 0 Å². The Bertz CT molecular complexity index is 990. The van der Waals surface area contributed by atoms with E-state index in [-0.39, 0.29) is 12.1 Å². The van der Waals surface area contributed by atoms with Crippen molar-refractivity contribution in [3.63, 3.8) is 0 Å². The predicted molar refractivity (Wildman–Crippen MR) is 97.9 cm³/mol. The molecule has 7 heteroatoms. The third kappa shape index (κ3) is 3.19. The molecule has 3 aromatic rings. The van der Waals surface area contributed by atoms with Crippen LogP contribution in [0, 0.1) is 5.41 Å². The molecule has 0 aliphatic carbocycles. The molecule has 0 amide bonds. The van der Waals surface area contributed by atoms with E-state index in [0.29, 0.717) is 21.6 Å². The van der Waals surface area contributed by atoms with Gasteiger partial charge in [0.25, 0.3) is 5.56 Å². The fourth-order valence-electron chi connectivity index (χ4n) is 2.56. The summed E-state index contributed by atoms with van der Waals surface area (Å²) in [5.41, 5.74) is -0.622. The smallest absolute Gasteiger partial charge is 0.310 e. The summed E-state index contributed by atoms with van der Waals surface area (Å²) in [6, 6.07) is 5.44. The van der Waals surface area contributed by atoms with Crippen LogP contribution in [0.2, 0.25) is 0 Å². The topological polar surface area (TPSA) is 85.1 Å². The summed E-state index contributed by atoms with van der Waals surface area (Å²) in [7, 11) is 0. The Kier molecular flexibility index (Phi) is 4.43. The van der Waals surface area contributed by atoms with Gasteiger partial charge in [0.1, 0.15) is 10.7 Å². The molecular formula is C18H19N3O3S. The van der Waals surface area contributed by atoms with E-state index in [4.69, 9.17) is 0 Å². The summed E-state index contributed by atoms with van der Waals surface area (Å²) in [6.07, 6.45) is 4.10. The van der Waals surface area contributed by atoms with Crippen molar-refractivity contribution >= 4 is 27.5 Å². The van der Waals surface area contributed by atoms with Crippen LogP contribution in [0.3, 0.4) is 0 Å². The summed E-state index contributed by atoms with van der Waals surface area (Å²) >= 11 is 1.49. The molecule has 0 saturated heterocycles. The third-order valence-electron chi connectivity index (χ3n) is 4.10. The van der Waals surface area contributed by atoms with E-state index in [1.165, 1.54) is 15.9 Å². The van der Waals surface area contributed by atoms with Gasteiger partial charge in [-0.15, -0.1) is 11.3 Å². The van der Waals surface area contributed by atoms with Crippen LogP contribution in [0.1, 0.15) is 25.6 Å². The molecule has 0 bridgehead atoms. The second-order valence-electron chi connectivity index (χ2n) is 6.54. The first-order valence-corrected chi connectivity index (χ1v) is 8.82. The molecule has 3 aromatic heterocycles. The van der Waals surface area contributed by atoms with Crippen molar-refractivity contribution in [2.24, 2.45) is 5.41 Å². The fourth-order valence-corrected chi connectivity index (χ4v) is 3.52. The molecule has 0 aromatic carbocycles. The number of aryl methyl sites for hydroxylation is 1. The van der Waals surface area contributed by atoms with Crippen molar-refractivity contribution in [1.29, 1.82) is 0 Å². The lowest BCUT2D eigenvalue weighted by molar-refractivity contribution is -0.147. The molecule has 130 valence electrons. The molecule has 0 aliphatic heterocycles. The van der Waals surface area contributed by atoms with Crippen LogP contribution in [-0.4, -0.2) is 25.6 Å². The number of carbonyl (C=O) groups is 1. The quantitative estimate of drug-likeness (QED) is 0.758. The van der Waals surface area contributed by atoms with Crippen molar-refractivity contribution in [1.82, 2.24) is 14.5 Å². The lowest BCUT2D eigenvalue weighted by Gasteiger charge is -2.22. The van der Waals surface area contributed by atoms with E-state index in [0.717, 1.165) is 11.3 Å². The van der Waals surface area contributed by atoms with Crippen LogP contribution in [0.4, 0.5) is 0 Å².